The van der Waals surface area contributed by atoms with E-state index in [1.165, 1.54) is 18.2 Å². The lowest BCUT2D eigenvalue weighted by atomic mass is 10.1. The van der Waals surface area contributed by atoms with Gasteiger partial charge in [0.1, 0.15) is 10.7 Å². The van der Waals surface area contributed by atoms with Crippen LogP contribution in [0.4, 0.5) is 10.1 Å². The molecule has 0 spiro atoms. The average Bonchev–Trinajstić information content (AvgIpc) is 2.38. The minimum Gasteiger partial charge on any atom is -0.399 e. The fourth-order valence-electron chi connectivity index (χ4n) is 1.81. The summed E-state index contributed by atoms with van der Waals surface area (Å²) in [6.07, 6.45) is 0. The monoisotopic (exact) mass is 290 g/mol. The number of nitriles is 1. The third kappa shape index (κ3) is 2.78. The van der Waals surface area contributed by atoms with Gasteiger partial charge in [0.15, 0.2) is 9.84 Å². The molecule has 0 aliphatic carbocycles. The summed E-state index contributed by atoms with van der Waals surface area (Å²) in [5.41, 5.74) is 6.14. The topological polar surface area (TPSA) is 84.0 Å². The maximum absolute atomic E-state index is 13.7. The summed E-state index contributed by atoms with van der Waals surface area (Å²) >= 11 is 0. The Morgan fingerprint density at radius 1 is 1.20 bits per heavy atom. The Morgan fingerprint density at radius 3 is 2.55 bits per heavy atom. The second kappa shape index (κ2) is 5.31. The molecule has 0 aromatic heterocycles. The third-order valence-electron chi connectivity index (χ3n) is 2.77. The number of hydrogen-bond donors (Lipinski definition) is 1. The standard InChI is InChI=1S/C14H11FN2O2S/c15-13-7-12(17)5-6-14(13)20(18,19)9-11-4-2-1-3-10(11)8-16/h1-7H,9,17H2. The molecule has 0 unspecified atom stereocenters. The summed E-state index contributed by atoms with van der Waals surface area (Å²) in [4.78, 5) is -0.417. The lowest BCUT2D eigenvalue weighted by Crippen LogP contribution is -2.08. The first-order valence-electron chi connectivity index (χ1n) is 5.70. The second-order valence-corrected chi connectivity index (χ2v) is 6.18. The van der Waals surface area contributed by atoms with Crippen LogP contribution in [0.25, 0.3) is 0 Å². The van der Waals surface area contributed by atoms with Gasteiger partial charge in [-0.25, -0.2) is 12.8 Å². The van der Waals surface area contributed by atoms with E-state index in [1.807, 2.05) is 6.07 Å². The van der Waals surface area contributed by atoms with Crippen LogP contribution in [0, 0.1) is 17.1 Å². The predicted octanol–water partition coefficient (Wildman–Crippen LogP) is 2.25. The van der Waals surface area contributed by atoms with E-state index in [2.05, 4.69) is 0 Å². The molecule has 0 bridgehead atoms. The largest absolute Gasteiger partial charge is 0.399 e. The van der Waals surface area contributed by atoms with Gasteiger partial charge in [-0.05, 0) is 29.8 Å². The van der Waals surface area contributed by atoms with Crippen molar-refractivity contribution >= 4 is 15.5 Å². The molecular weight excluding hydrogens is 279 g/mol. The Kier molecular flexibility index (Phi) is 3.72. The van der Waals surface area contributed by atoms with Crippen LogP contribution in [0.15, 0.2) is 47.4 Å². The zero-order valence-corrected chi connectivity index (χ0v) is 11.2. The van der Waals surface area contributed by atoms with Crippen molar-refractivity contribution in [2.24, 2.45) is 0 Å². The highest BCUT2D eigenvalue weighted by Gasteiger charge is 2.21. The van der Waals surface area contributed by atoms with E-state index in [4.69, 9.17) is 11.0 Å². The Balaban J connectivity index is 2.44. The second-order valence-electron chi connectivity index (χ2n) is 4.22. The van der Waals surface area contributed by atoms with Crippen molar-refractivity contribution in [3.63, 3.8) is 0 Å². The lowest BCUT2D eigenvalue weighted by Gasteiger charge is -2.07. The lowest BCUT2D eigenvalue weighted by molar-refractivity contribution is 0.567. The number of nitrogen functional groups attached to an aromatic ring is 1. The first-order chi connectivity index (χ1) is 9.44. The highest BCUT2D eigenvalue weighted by atomic mass is 32.2. The van der Waals surface area contributed by atoms with Crippen molar-refractivity contribution in [3.8, 4) is 6.07 Å². The van der Waals surface area contributed by atoms with Crippen molar-refractivity contribution in [3.05, 3.63) is 59.4 Å². The molecule has 0 heterocycles. The number of anilines is 1. The summed E-state index contributed by atoms with van der Waals surface area (Å²) in [7, 11) is -3.88. The van der Waals surface area contributed by atoms with E-state index < -0.39 is 26.3 Å². The predicted molar refractivity (Wildman–Crippen MR) is 72.9 cm³/mol. The van der Waals surface area contributed by atoms with E-state index in [1.54, 1.807) is 12.1 Å². The van der Waals surface area contributed by atoms with Gasteiger partial charge < -0.3 is 5.73 Å². The van der Waals surface area contributed by atoms with Gasteiger partial charge in [0.05, 0.1) is 17.4 Å². The Morgan fingerprint density at radius 2 is 1.90 bits per heavy atom. The molecule has 2 rings (SSSR count). The zero-order chi connectivity index (χ0) is 14.8. The Labute approximate surface area is 116 Å². The van der Waals surface area contributed by atoms with Gasteiger partial charge in [-0.15, -0.1) is 0 Å². The molecule has 0 aliphatic rings. The molecule has 0 atom stereocenters. The van der Waals surface area contributed by atoms with Gasteiger partial charge in [-0.2, -0.15) is 5.26 Å². The Bertz CT molecular complexity index is 795. The molecule has 6 heteroatoms. The van der Waals surface area contributed by atoms with Gasteiger partial charge in [-0.1, -0.05) is 18.2 Å². The average molecular weight is 290 g/mol. The number of halogens is 1. The number of hydrogen-bond acceptors (Lipinski definition) is 4. The highest BCUT2D eigenvalue weighted by Crippen LogP contribution is 2.22. The molecule has 0 aliphatic heterocycles. The number of benzene rings is 2. The molecule has 2 aromatic carbocycles. The molecule has 0 fully saturated rings. The molecular formula is C14H11FN2O2S. The first kappa shape index (κ1) is 14.0. The van der Waals surface area contributed by atoms with E-state index in [-0.39, 0.29) is 11.3 Å². The fraction of sp³-hybridized carbons (Fsp3) is 0.0714. The molecule has 0 saturated carbocycles. The first-order valence-corrected chi connectivity index (χ1v) is 7.35. The number of nitrogens with two attached hydrogens (primary N) is 1. The summed E-state index contributed by atoms with van der Waals surface area (Å²) in [5.74, 6) is -1.32. The van der Waals surface area contributed by atoms with Crippen LogP contribution in [-0.4, -0.2) is 8.42 Å². The maximum Gasteiger partial charge on any atom is 0.185 e. The minimum atomic E-state index is -3.88. The van der Waals surface area contributed by atoms with Gasteiger partial charge >= 0.3 is 0 Å². The molecule has 0 amide bonds. The van der Waals surface area contributed by atoms with E-state index in [0.717, 1.165) is 12.1 Å². The number of rotatable bonds is 3. The Hall–Kier alpha value is -2.39. The van der Waals surface area contributed by atoms with E-state index in [9.17, 15) is 12.8 Å². The smallest absolute Gasteiger partial charge is 0.185 e. The summed E-state index contributed by atoms with van der Waals surface area (Å²) in [6.45, 7) is 0. The van der Waals surface area contributed by atoms with Crippen molar-refractivity contribution in [2.75, 3.05) is 5.73 Å². The zero-order valence-electron chi connectivity index (χ0n) is 10.4. The summed E-state index contributed by atoms with van der Waals surface area (Å²) in [5, 5.41) is 8.94. The van der Waals surface area contributed by atoms with Gasteiger partial charge in [-0.3, -0.25) is 0 Å². The molecule has 20 heavy (non-hydrogen) atoms. The molecule has 0 radical (unpaired) electrons. The SMILES string of the molecule is N#Cc1ccccc1CS(=O)(=O)c1ccc(N)cc1F. The van der Waals surface area contributed by atoms with Crippen molar-refractivity contribution in [2.45, 2.75) is 10.6 Å². The maximum atomic E-state index is 13.7. The van der Waals surface area contributed by atoms with Crippen LogP contribution in [0.1, 0.15) is 11.1 Å². The van der Waals surface area contributed by atoms with Crippen LogP contribution >= 0.6 is 0 Å². The normalized spacial score (nSPS) is 11.0. The fourth-order valence-corrected chi connectivity index (χ4v) is 3.26. The molecule has 2 aromatic rings. The van der Waals surface area contributed by atoms with Crippen LogP contribution in [0.2, 0.25) is 0 Å². The summed E-state index contributed by atoms with van der Waals surface area (Å²) in [6, 6.07) is 11.7. The third-order valence-corrected chi connectivity index (χ3v) is 4.47. The van der Waals surface area contributed by atoms with Crippen LogP contribution in [0.5, 0.6) is 0 Å². The summed E-state index contributed by atoms with van der Waals surface area (Å²) < 4.78 is 38.1. The van der Waals surface area contributed by atoms with Crippen LogP contribution < -0.4 is 5.73 Å². The molecule has 4 nitrogen and oxygen atoms in total. The minimum absolute atomic E-state index is 0.152. The van der Waals surface area contributed by atoms with Crippen molar-refractivity contribution in [1.29, 1.82) is 5.26 Å². The molecule has 0 saturated heterocycles. The molecule has 102 valence electrons. The number of nitrogens with zero attached hydrogens (tertiary/aromatic N) is 1. The van der Waals surface area contributed by atoms with Gasteiger partial charge in [0.2, 0.25) is 0 Å². The van der Waals surface area contributed by atoms with Crippen LogP contribution in [0.3, 0.4) is 0 Å². The van der Waals surface area contributed by atoms with E-state index >= 15 is 0 Å². The molecule has 2 N–H and O–H groups in total. The van der Waals surface area contributed by atoms with Crippen molar-refractivity contribution < 1.29 is 12.8 Å². The highest BCUT2D eigenvalue weighted by molar-refractivity contribution is 7.90. The van der Waals surface area contributed by atoms with Crippen molar-refractivity contribution in [1.82, 2.24) is 0 Å². The van der Waals surface area contributed by atoms with Gasteiger partial charge in [0, 0.05) is 5.69 Å². The van der Waals surface area contributed by atoms with E-state index in [0.29, 0.717) is 5.56 Å². The van der Waals surface area contributed by atoms with Gasteiger partial charge in [0.25, 0.3) is 0 Å². The quantitative estimate of drug-likeness (QED) is 0.879. The van der Waals surface area contributed by atoms with Crippen LogP contribution in [-0.2, 0) is 15.6 Å². The number of sulfone groups is 1.